The number of rotatable bonds is 5. The summed E-state index contributed by atoms with van der Waals surface area (Å²) in [5.41, 5.74) is 2.28. The van der Waals surface area contributed by atoms with Gasteiger partial charge >= 0.3 is 0 Å². The van der Waals surface area contributed by atoms with Gasteiger partial charge in [-0.1, -0.05) is 27.7 Å². The third kappa shape index (κ3) is 2.13. The fraction of sp³-hybridized carbons (Fsp3) is 0.786. The highest BCUT2D eigenvalue weighted by Crippen LogP contribution is 2.67. The summed E-state index contributed by atoms with van der Waals surface area (Å²) in [6.07, 6.45) is 2.92. The Kier molecular flexibility index (Phi) is 3.06. The highest BCUT2D eigenvalue weighted by Gasteiger charge is 2.63. The van der Waals surface area contributed by atoms with E-state index in [4.69, 9.17) is 0 Å². The van der Waals surface area contributed by atoms with Crippen LogP contribution >= 0.6 is 0 Å². The van der Waals surface area contributed by atoms with Gasteiger partial charge in [0.25, 0.3) is 0 Å². The van der Waals surface area contributed by atoms with Crippen LogP contribution in [0, 0.1) is 16.7 Å². The summed E-state index contributed by atoms with van der Waals surface area (Å²) in [6.45, 7) is 11.7. The van der Waals surface area contributed by atoms with E-state index in [0.717, 1.165) is 25.4 Å². The number of aryl methyl sites for hydroxylation is 1. The number of nitrogens with one attached hydrogen (secondary N) is 1. The Bertz CT molecular complexity index is 376. The van der Waals surface area contributed by atoms with Crippen LogP contribution in [-0.2, 0) is 13.5 Å². The zero-order chi connectivity index (χ0) is 12.7. The average molecular weight is 235 g/mol. The first kappa shape index (κ1) is 12.6. The van der Waals surface area contributed by atoms with Crippen molar-refractivity contribution in [1.29, 1.82) is 0 Å². The van der Waals surface area contributed by atoms with Crippen molar-refractivity contribution >= 4 is 0 Å². The Morgan fingerprint density at radius 1 is 1.29 bits per heavy atom. The van der Waals surface area contributed by atoms with E-state index >= 15 is 0 Å². The van der Waals surface area contributed by atoms with Crippen LogP contribution < -0.4 is 5.32 Å². The van der Waals surface area contributed by atoms with Crippen molar-refractivity contribution in [2.45, 2.75) is 34.1 Å². The largest absolute Gasteiger partial charge is 0.316 e. The molecule has 0 aromatic carbocycles. The molecule has 0 atom stereocenters. The fourth-order valence-corrected chi connectivity index (χ4v) is 2.95. The molecule has 0 unspecified atom stereocenters. The molecule has 1 aliphatic carbocycles. The molecule has 0 bridgehead atoms. The van der Waals surface area contributed by atoms with Crippen molar-refractivity contribution < 1.29 is 0 Å². The van der Waals surface area contributed by atoms with E-state index in [-0.39, 0.29) is 0 Å². The summed E-state index contributed by atoms with van der Waals surface area (Å²) in [6, 6.07) is 2.09. The van der Waals surface area contributed by atoms with Crippen LogP contribution in [0.2, 0.25) is 0 Å². The van der Waals surface area contributed by atoms with Gasteiger partial charge in [-0.15, -0.1) is 0 Å². The van der Waals surface area contributed by atoms with Crippen LogP contribution in [0.4, 0.5) is 0 Å². The Balaban J connectivity index is 1.70. The molecule has 1 fully saturated rings. The molecule has 1 N–H and O–H groups in total. The van der Waals surface area contributed by atoms with Gasteiger partial charge in [0.1, 0.15) is 0 Å². The average Bonchev–Trinajstić information content (AvgIpc) is 2.56. The first-order valence-electron chi connectivity index (χ1n) is 6.55. The molecule has 0 spiro atoms. The minimum Gasteiger partial charge on any atom is -0.316 e. The van der Waals surface area contributed by atoms with Crippen LogP contribution in [-0.4, -0.2) is 22.9 Å². The first-order valence-corrected chi connectivity index (χ1v) is 6.55. The lowest BCUT2D eigenvalue weighted by molar-refractivity contribution is 0.457. The van der Waals surface area contributed by atoms with Gasteiger partial charge in [-0.3, -0.25) is 4.68 Å². The molecule has 96 valence electrons. The van der Waals surface area contributed by atoms with Crippen molar-refractivity contribution in [2.24, 2.45) is 23.8 Å². The number of hydrogen-bond acceptors (Lipinski definition) is 2. The molecule has 3 heteroatoms. The van der Waals surface area contributed by atoms with Gasteiger partial charge in [-0.25, -0.2) is 0 Å². The van der Waals surface area contributed by atoms with Gasteiger partial charge in [0.05, 0.1) is 0 Å². The van der Waals surface area contributed by atoms with Crippen molar-refractivity contribution in [2.75, 3.05) is 13.1 Å². The second kappa shape index (κ2) is 4.13. The SMILES string of the molecule is Cn1nccc1CCNCC1C(C)(C)C1(C)C. The molecule has 1 saturated carbocycles. The van der Waals surface area contributed by atoms with Crippen LogP contribution in [0.3, 0.4) is 0 Å². The van der Waals surface area contributed by atoms with Crippen molar-refractivity contribution in [1.82, 2.24) is 15.1 Å². The minimum absolute atomic E-state index is 0.493. The van der Waals surface area contributed by atoms with E-state index in [0.29, 0.717) is 10.8 Å². The monoisotopic (exact) mass is 235 g/mol. The normalized spacial score (nSPS) is 21.7. The van der Waals surface area contributed by atoms with E-state index in [9.17, 15) is 0 Å². The molecule has 0 saturated heterocycles. The highest BCUT2D eigenvalue weighted by molar-refractivity contribution is 5.12. The molecule has 1 aromatic heterocycles. The van der Waals surface area contributed by atoms with Crippen LogP contribution in [0.1, 0.15) is 33.4 Å². The van der Waals surface area contributed by atoms with E-state index in [1.54, 1.807) is 0 Å². The third-order valence-electron chi connectivity index (χ3n) is 5.15. The van der Waals surface area contributed by atoms with Crippen molar-refractivity contribution in [3.63, 3.8) is 0 Å². The van der Waals surface area contributed by atoms with E-state index in [1.807, 2.05) is 17.9 Å². The van der Waals surface area contributed by atoms with Gasteiger partial charge in [0.15, 0.2) is 0 Å². The van der Waals surface area contributed by atoms with E-state index in [2.05, 4.69) is 44.2 Å². The lowest BCUT2D eigenvalue weighted by atomic mass is 10.0. The summed E-state index contributed by atoms with van der Waals surface area (Å²) in [5, 5.41) is 7.76. The molecule has 17 heavy (non-hydrogen) atoms. The molecule has 3 nitrogen and oxygen atoms in total. The minimum atomic E-state index is 0.493. The van der Waals surface area contributed by atoms with Gasteiger partial charge < -0.3 is 5.32 Å². The maximum atomic E-state index is 4.18. The van der Waals surface area contributed by atoms with Gasteiger partial charge in [0, 0.05) is 31.9 Å². The molecular formula is C14H25N3. The quantitative estimate of drug-likeness (QED) is 0.793. The second-order valence-corrected chi connectivity index (χ2v) is 6.40. The summed E-state index contributed by atoms with van der Waals surface area (Å²) >= 11 is 0. The molecule has 0 aliphatic heterocycles. The molecular weight excluding hydrogens is 210 g/mol. The lowest BCUT2D eigenvalue weighted by Crippen LogP contribution is -2.22. The summed E-state index contributed by atoms with van der Waals surface area (Å²) < 4.78 is 1.95. The van der Waals surface area contributed by atoms with Crippen LogP contribution in [0.5, 0.6) is 0 Å². The topological polar surface area (TPSA) is 29.9 Å². The van der Waals surface area contributed by atoms with Crippen molar-refractivity contribution in [3.8, 4) is 0 Å². The smallest absolute Gasteiger partial charge is 0.0492 e. The Morgan fingerprint density at radius 2 is 1.94 bits per heavy atom. The van der Waals surface area contributed by atoms with E-state index in [1.165, 1.54) is 5.69 Å². The maximum Gasteiger partial charge on any atom is 0.0492 e. The Labute approximate surface area is 105 Å². The molecule has 2 rings (SSSR count). The van der Waals surface area contributed by atoms with Crippen LogP contribution in [0.15, 0.2) is 12.3 Å². The maximum absolute atomic E-state index is 4.18. The fourth-order valence-electron chi connectivity index (χ4n) is 2.95. The summed E-state index contributed by atoms with van der Waals surface area (Å²) in [4.78, 5) is 0. The van der Waals surface area contributed by atoms with E-state index < -0.39 is 0 Å². The summed E-state index contributed by atoms with van der Waals surface area (Å²) in [7, 11) is 2.00. The zero-order valence-corrected chi connectivity index (χ0v) is 11.7. The molecule has 0 radical (unpaired) electrons. The first-order chi connectivity index (χ1) is 7.87. The second-order valence-electron chi connectivity index (χ2n) is 6.40. The molecule has 1 aliphatic rings. The predicted octanol–water partition coefficient (Wildman–Crippen LogP) is 2.23. The predicted molar refractivity (Wildman–Crippen MR) is 70.8 cm³/mol. The zero-order valence-electron chi connectivity index (χ0n) is 11.7. The number of aromatic nitrogens is 2. The lowest BCUT2D eigenvalue weighted by Gasteiger charge is -2.06. The Morgan fingerprint density at radius 3 is 2.41 bits per heavy atom. The van der Waals surface area contributed by atoms with Crippen LogP contribution in [0.25, 0.3) is 0 Å². The van der Waals surface area contributed by atoms with Gasteiger partial charge in [0.2, 0.25) is 0 Å². The third-order valence-corrected chi connectivity index (χ3v) is 5.15. The highest BCUT2D eigenvalue weighted by atomic mass is 15.3. The molecule has 1 aromatic rings. The Hall–Kier alpha value is -0.830. The van der Waals surface area contributed by atoms with Crippen molar-refractivity contribution in [3.05, 3.63) is 18.0 Å². The molecule has 1 heterocycles. The molecule has 0 amide bonds. The number of hydrogen-bond donors (Lipinski definition) is 1. The summed E-state index contributed by atoms with van der Waals surface area (Å²) in [5.74, 6) is 0.807. The standard InChI is InChI=1S/C14H25N3/c1-13(2)12(14(13,3)4)10-15-8-6-11-7-9-16-17(11)5/h7,9,12,15H,6,8,10H2,1-5H3. The van der Waals surface area contributed by atoms with Gasteiger partial charge in [-0.2, -0.15) is 5.10 Å². The number of nitrogens with zero attached hydrogens (tertiary/aromatic N) is 2. The van der Waals surface area contributed by atoms with Gasteiger partial charge in [-0.05, 0) is 29.4 Å².